The van der Waals surface area contributed by atoms with E-state index in [4.69, 9.17) is 5.11 Å². The molecule has 19 heavy (non-hydrogen) atoms. The molecule has 104 valence electrons. The molecule has 1 aromatic carbocycles. The SMILES string of the molecule is Cc1c(Br)cc(NS(=O)(=O)N2CCC2)cc1C(=O)O. The summed E-state index contributed by atoms with van der Waals surface area (Å²) in [5.74, 6) is -1.09. The van der Waals surface area contributed by atoms with Gasteiger partial charge in [-0.15, -0.1) is 0 Å². The molecule has 0 radical (unpaired) electrons. The van der Waals surface area contributed by atoms with E-state index in [0.717, 1.165) is 6.42 Å². The van der Waals surface area contributed by atoms with Crippen LogP contribution in [-0.4, -0.2) is 36.9 Å². The molecule has 0 bridgehead atoms. The van der Waals surface area contributed by atoms with Gasteiger partial charge in [0.15, 0.2) is 0 Å². The van der Waals surface area contributed by atoms with Crippen LogP contribution in [0, 0.1) is 6.92 Å². The summed E-state index contributed by atoms with van der Waals surface area (Å²) in [5.41, 5.74) is 0.858. The predicted octanol–water partition coefficient (Wildman–Crippen LogP) is 1.82. The van der Waals surface area contributed by atoms with Crippen molar-refractivity contribution < 1.29 is 18.3 Å². The Bertz CT molecular complexity index is 626. The summed E-state index contributed by atoms with van der Waals surface area (Å²) < 4.78 is 28.1. The molecule has 1 saturated heterocycles. The van der Waals surface area contributed by atoms with E-state index < -0.39 is 16.2 Å². The van der Waals surface area contributed by atoms with Crippen LogP contribution in [0.5, 0.6) is 0 Å². The lowest BCUT2D eigenvalue weighted by Gasteiger charge is -2.29. The Morgan fingerprint density at radius 2 is 2.05 bits per heavy atom. The minimum absolute atomic E-state index is 0.0654. The first-order chi connectivity index (χ1) is 8.81. The monoisotopic (exact) mass is 348 g/mol. The lowest BCUT2D eigenvalue weighted by Crippen LogP contribution is -2.45. The second kappa shape index (κ2) is 5.10. The van der Waals surface area contributed by atoms with Gasteiger partial charge in [0.2, 0.25) is 0 Å². The third-order valence-electron chi connectivity index (χ3n) is 2.98. The van der Waals surface area contributed by atoms with Gasteiger partial charge in [-0.05, 0) is 31.0 Å². The number of carbonyl (C=O) groups is 1. The fourth-order valence-electron chi connectivity index (χ4n) is 1.70. The van der Waals surface area contributed by atoms with Crippen LogP contribution in [0.1, 0.15) is 22.3 Å². The number of rotatable bonds is 4. The molecule has 0 atom stereocenters. The molecule has 0 aliphatic carbocycles. The lowest BCUT2D eigenvalue weighted by molar-refractivity contribution is 0.0696. The Morgan fingerprint density at radius 1 is 1.42 bits per heavy atom. The van der Waals surface area contributed by atoms with Crippen LogP contribution in [0.25, 0.3) is 0 Å². The molecule has 1 fully saturated rings. The zero-order chi connectivity index (χ0) is 14.2. The van der Waals surface area contributed by atoms with E-state index in [9.17, 15) is 13.2 Å². The van der Waals surface area contributed by atoms with Gasteiger partial charge in [0.05, 0.1) is 11.3 Å². The van der Waals surface area contributed by atoms with E-state index in [2.05, 4.69) is 20.7 Å². The summed E-state index contributed by atoms with van der Waals surface area (Å²) in [4.78, 5) is 11.1. The van der Waals surface area contributed by atoms with Gasteiger partial charge < -0.3 is 5.11 Å². The number of carboxylic acid groups (broad SMARTS) is 1. The third kappa shape index (κ3) is 2.90. The number of carboxylic acids is 1. The van der Waals surface area contributed by atoms with Crippen LogP contribution in [0.2, 0.25) is 0 Å². The number of nitrogens with zero attached hydrogens (tertiary/aromatic N) is 1. The summed E-state index contributed by atoms with van der Waals surface area (Å²) >= 11 is 3.23. The number of hydrogen-bond donors (Lipinski definition) is 2. The molecule has 1 aliphatic heterocycles. The quantitative estimate of drug-likeness (QED) is 0.868. The van der Waals surface area contributed by atoms with Crippen LogP contribution in [0.4, 0.5) is 5.69 Å². The van der Waals surface area contributed by atoms with Crippen molar-refractivity contribution in [3.05, 3.63) is 27.7 Å². The fourth-order valence-corrected chi connectivity index (χ4v) is 3.44. The third-order valence-corrected chi connectivity index (χ3v) is 5.34. The molecule has 0 aromatic heterocycles. The van der Waals surface area contributed by atoms with Crippen LogP contribution in [0.3, 0.4) is 0 Å². The Morgan fingerprint density at radius 3 is 2.53 bits per heavy atom. The first kappa shape index (κ1) is 14.3. The highest BCUT2D eigenvalue weighted by molar-refractivity contribution is 9.10. The molecule has 8 heteroatoms. The van der Waals surface area contributed by atoms with Gasteiger partial charge in [-0.1, -0.05) is 15.9 Å². The Labute approximate surface area is 119 Å². The standard InChI is InChI=1S/C11H13BrN2O4S/c1-7-9(11(15)16)5-8(6-10(7)12)13-19(17,18)14-3-2-4-14/h5-6,13H,2-4H2,1H3,(H,15,16). The Hall–Kier alpha value is -1.12. The maximum atomic E-state index is 11.9. The maximum Gasteiger partial charge on any atom is 0.336 e. The molecular weight excluding hydrogens is 336 g/mol. The van der Waals surface area contributed by atoms with Gasteiger partial charge in [-0.25, -0.2) is 4.79 Å². The van der Waals surface area contributed by atoms with Gasteiger partial charge >= 0.3 is 16.2 Å². The van der Waals surface area contributed by atoms with Gasteiger partial charge in [-0.2, -0.15) is 12.7 Å². The van der Waals surface area contributed by atoms with Crippen molar-refractivity contribution in [2.45, 2.75) is 13.3 Å². The number of anilines is 1. The molecule has 0 amide bonds. The summed E-state index contributed by atoms with van der Waals surface area (Å²) in [5, 5.41) is 9.07. The van der Waals surface area contributed by atoms with Crippen molar-refractivity contribution in [2.24, 2.45) is 0 Å². The molecule has 6 nitrogen and oxygen atoms in total. The molecule has 1 heterocycles. The average Bonchev–Trinajstić information content (AvgIpc) is 2.18. The first-order valence-electron chi connectivity index (χ1n) is 5.62. The normalized spacial score (nSPS) is 15.9. The van der Waals surface area contributed by atoms with E-state index in [-0.39, 0.29) is 11.3 Å². The maximum absolute atomic E-state index is 11.9. The molecule has 1 aromatic rings. The van der Waals surface area contributed by atoms with E-state index >= 15 is 0 Å². The molecule has 2 rings (SSSR count). The van der Waals surface area contributed by atoms with Gasteiger partial charge in [0.25, 0.3) is 0 Å². The van der Waals surface area contributed by atoms with Gasteiger partial charge in [-0.3, -0.25) is 4.72 Å². The highest BCUT2D eigenvalue weighted by Gasteiger charge is 2.27. The Kier molecular flexibility index (Phi) is 3.84. The van der Waals surface area contributed by atoms with Crippen molar-refractivity contribution in [3.8, 4) is 0 Å². The molecule has 0 unspecified atom stereocenters. The number of halogens is 1. The summed E-state index contributed by atoms with van der Waals surface area (Å²) in [6, 6.07) is 2.87. The fraction of sp³-hybridized carbons (Fsp3) is 0.364. The van der Waals surface area contributed by atoms with Crippen LogP contribution in [-0.2, 0) is 10.2 Å². The Balaban J connectivity index is 2.33. The zero-order valence-corrected chi connectivity index (χ0v) is 12.6. The summed E-state index contributed by atoms with van der Waals surface area (Å²) in [6.07, 6.45) is 0.846. The predicted molar refractivity (Wildman–Crippen MR) is 74.6 cm³/mol. The van der Waals surface area contributed by atoms with Crippen molar-refractivity contribution in [3.63, 3.8) is 0 Å². The van der Waals surface area contributed by atoms with Crippen molar-refractivity contribution in [2.75, 3.05) is 17.8 Å². The number of benzene rings is 1. The van der Waals surface area contributed by atoms with E-state index in [1.165, 1.54) is 10.4 Å². The summed E-state index contributed by atoms with van der Waals surface area (Å²) in [7, 11) is -3.58. The number of hydrogen-bond acceptors (Lipinski definition) is 3. The second-order valence-corrected chi connectivity index (χ2v) is 6.82. The van der Waals surface area contributed by atoms with E-state index in [0.29, 0.717) is 23.1 Å². The minimum Gasteiger partial charge on any atom is -0.478 e. The smallest absolute Gasteiger partial charge is 0.336 e. The average molecular weight is 349 g/mol. The van der Waals surface area contributed by atoms with Crippen LogP contribution in [0.15, 0.2) is 16.6 Å². The number of aromatic carboxylic acids is 1. The second-order valence-electron chi connectivity index (χ2n) is 4.30. The van der Waals surface area contributed by atoms with Gasteiger partial charge in [0, 0.05) is 17.6 Å². The van der Waals surface area contributed by atoms with E-state index in [1.807, 2.05) is 0 Å². The first-order valence-corrected chi connectivity index (χ1v) is 7.86. The van der Waals surface area contributed by atoms with Crippen LogP contribution < -0.4 is 4.72 Å². The van der Waals surface area contributed by atoms with Crippen molar-refractivity contribution in [1.29, 1.82) is 0 Å². The minimum atomic E-state index is -3.58. The van der Waals surface area contributed by atoms with Gasteiger partial charge in [0.1, 0.15) is 0 Å². The molecule has 2 N–H and O–H groups in total. The molecule has 0 saturated carbocycles. The molecule has 0 spiro atoms. The van der Waals surface area contributed by atoms with Crippen molar-refractivity contribution >= 4 is 37.8 Å². The topological polar surface area (TPSA) is 86.7 Å². The van der Waals surface area contributed by atoms with E-state index in [1.54, 1.807) is 13.0 Å². The zero-order valence-electron chi connectivity index (χ0n) is 10.2. The highest BCUT2D eigenvalue weighted by Crippen LogP contribution is 2.26. The molecule has 1 aliphatic rings. The van der Waals surface area contributed by atoms with Crippen molar-refractivity contribution in [1.82, 2.24) is 4.31 Å². The number of nitrogens with one attached hydrogen (secondary N) is 1. The lowest BCUT2D eigenvalue weighted by atomic mass is 10.1. The molecular formula is C11H13BrN2O4S. The highest BCUT2D eigenvalue weighted by atomic mass is 79.9. The van der Waals surface area contributed by atoms with Crippen LogP contribution >= 0.6 is 15.9 Å². The largest absolute Gasteiger partial charge is 0.478 e. The summed E-state index contributed by atoms with van der Waals surface area (Å²) in [6.45, 7) is 2.64.